The fraction of sp³-hybridized carbons (Fsp3) is 0.125. The molecular weight excluding hydrogens is 314 g/mol. The average molecular weight is 329 g/mol. The minimum atomic E-state index is -0.536. The molecule has 24 heavy (non-hydrogen) atoms. The third kappa shape index (κ3) is 5.41. The summed E-state index contributed by atoms with van der Waals surface area (Å²) < 4.78 is 10.3. The number of nitro groups is 1. The number of non-ortho nitro benzene ring substituents is 1. The summed E-state index contributed by atoms with van der Waals surface area (Å²) in [5.74, 6) is 0.426. The van der Waals surface area contributed by atoms with Crippen molar-refractivity contribution >= 4 is 23.4 Å². The zero-order valence-electron chi connectivity index (χ0n) is 12.8. The number of furan rings is 1. The van der Waals surface area contributed by atoms with E-state index in [0.29, 0.717) is 11.5 Å². The first kappa shape index (κ1) is 16.9. The highest BCUT2D eigenvalue weighted by atomic mass is 16.6. The molecule has 0 bridgehead atoms. The van der Waals surface area contributed by atoms with Crippen LogP contribution < -0.4 is 10.2 Å². The van der Waals surface area contributed by atoms with E-state index in [1.807, 2.05) is 0 Å². The number of hydrazone groups is 1. The van der Waals surface area contributed by atoms with E-state index in [1.54, 1.807) is 37.5 Å². The van der Waals surface area contributed by atoms with Gasteiger partial charge in [-0.1, -0.05) is 6.07 Å². The third-order valence-corrected chi connectivity index (χ3v) is 2.79. The molecule has 0 spiro atoms. The molecule has 0 unspecified atom stereocenters. The SMILES string of the molecule is CC(C=Cc1ccco1)=NNC(=O)COc1cccc([N+](=O)[O-])c1. The van der Waals surface area contributed by atoms with E-state index in [1.165, 1.54) is 24.3 Å². The Kier molecular flexibility index (Phi) is 5.84. The molecule has 1 N–H and O–H groups in total. The van der Waals surface area contributed by atoms with Gasteiger partial charge in [0.1, 0.15) is 11.5 Å². The van der Waals surface area contributed by atoms with Crippen LogP contribution in [0.1, 0.15) is 12.7 Å². The minimum Gasteiger partial charge on any atom is -0.483 e. The molecule has 0 saturated carbocycles. The van der Waals surface area contributed by atoms with Crippen LogP contribution in [0.5, 0.6) is 5.75 Å². The van der Waals surface area contributed by atoms with Crippen molar-refractivity contribution in [1.82, 2.24) is 5.43 Å². The predicted molar refractivity (Wildman–Crippen MR) is 87.6 cm³/mol. The van der Waals surface area contributed by atoms with Crippen LogP contribution in [-0.2, 0) is 4.79 Å². The smallest absolute Gasteiger partial charge is 0.277 e. The average Bonchev–Trinajstić information content (AvgIpc) is 3.10. The van der Waals surface area contributed by atoms with Crippen LogP contribution in [0, 0.1) is 10.1 Å². The highest BCUT2D eigenvalue weighted by Gasteiger charge is 2.07. The molecule has 1 aromatic heterocycles. The summed E-state index contributed by atoms with van der Waals surface area (Å²) in [4.78, 5) is 21.8. The topological polar surface area (TPSA) is 107 Å². The molecule has 0 saturated heterocycles. The highest BCUT2D eigenvalue weighted by molar-refractivity contribution is 5.96. The highest BCUT2D eigenvalue weighted by Crippen LogP contribution is 2.18. The Morgan fingerprint density at radius 1 is 1.42 bits per heavy atom. The molecule has 0 radical (unpaired) electrons. The van der Waals surface area contributed by atoms with E-state index in [-0.39, 0.29) is 18.0 Å². The molecule has 0 aliphatic heterocycles. The van der Waals surface area contributed by atoms with Crippen molar-refractivity contribution in [3.8, 4) is 5.75 Å². The van der Waals surface area contributed by atoms with Gasteiger partial charge in [-0.05, 0) is 37.3 Å². The number of benzene rings is 1. The second-order valence-electron chi connectivity index (χ2n) is 4.68. The largest absolute Gasteiger partial charge is 0.483 e. The molecule has 0 aliphatic carbocycles. The van der Waals surface area contributed by atoms with Gasteiger partial charge in [0.15, 0.2) is 6.61 Å². The van der Waals surface area contributed by atoms with Crippen LogP contribution in [-0.4, -0.2) is 23.1 Å². The molecule has 1 amide bonds. The van der Waals surface area contributed by atoms with E-state index in [2.05, 4.69) is 10.5 Å². The van der Waals surface area contributed by atoms with Gasteiger partial charge in [-0.15, -0.1) is 0 Å². The quantitative estimate of drug-likeness (QED) is 0.477. The standard InChI is InChI=1S/C16H15N3O5/c1-12(7-8-14-6-3-9-23-14)17-18-16(20)11-24-15-5-2-4-13(10-15)19(21)22/h2-10H,11H2,1H3,(H,18,20). The number of carbonyl (C=O) groups excluding carboxylic acids is 1. The van der Waals surface area contributed by atoms with Crippen molar-refractivity contribution in [3.63, 3.8) is 0 Å². The van der Waals surface area contributed by atoms with Gasteiger partial charge in [0.05, 0.1) is 23.0 Å². The van der Waals surface area contributed by atoms with Crippen LogP contribution in [0.2, 0.25) is 0 Å². The van der Waals surface area contributed by atoms with Gasteiger partial charge >= 0.3 is 0 Å². The molecule has 8 nitrogen and oxygen atoms in total. The van der Waals surface area contributed by atoms with E-state index in [0.717, 1.165) is 0 Å². The van der Waals surface area contributed by atoms with Crippen molar-refractivity contribution in [3.05, 3.63) is 64.6 Å². The van der Waals surface area contributed by atoms with Crippen molar-refractivity contribution in [2.45, 2.75) is 6.92 Å². The molecule has 0 fully saturated rings. The van der Waals surface area contributed by atoms with Crippen LogP contribution >= 0.6 is 0 Å². The second kappa shape index (κ2) is 8.28. The first-order valence-electron chi connectivity index (χ1n) is 6.96. The summed E-state index contributed by atoms with van der Waals surface area (Å²) in [5.41, 5.74) is 2.79. The third-order valence-electron chi connectivity index (χ3n) is 2.79. The Morgan fingerprint density at radius 3 is 2.96 bits per heavy atom. The van der Waals surface area contributed by atoms with Crippen LogP contribution in [0.25, 0.3) is 6.08 Å². The number of allylic oxidation sites excluding steroid dienone is 1. The lowest BCUT2D eigenvalue weighted by atomic mass is 10.3. The first-order chi connectivity index (χ1) is 11.5. The van der Waals surface area contributed by atoms with Gasteiger partial charge in [-0.2, -0.15) is 5.10 Å². The lowest BCUT2D eigenvalue weighted by Crippen LogP contribution is -2.25. The van der Waals surface area contributed by atoms with Gasteiger partial charge in [0, 0.05) is 6.07 Å². The summed E-state index contributed by atoms with van der Waals surface area (Å²) in [6.07, 6.45) is 4.95. The number of nitrogens with one attached hydrogen (secondary N) is 1. The molecule has 0 atom stereocenters. The second-order valence-corrected chi connectivity index (χ2v) is 4.68. The van der Waals surface area contributed by atoms with Crippen molar-refractivity contribution < 1.29 is 18.9 Å². The number of amides is 1. The van der Waals surface area contributed by atoms with E-state index in [9.17, 15) is 14.9 Å². The predicted octanol–water partition coefficient (Wildman–Crippen LogP) is 2.77. The van der Waals surface area contributed by atoms with Gasteiger partial charge < -0.3 is 9.15 Å². The Balaban J connectivity index is 1.81. The zero-order valence-corrected chi connectivity index (χ0v) is 12.8. The molecule has 8 heteroatoms. The van der Waals surface area contributed by atoms with Gasteiger partial charge in [-0.25, -0.2) is 5.43 Å². The van der Waals surface area contributed by atoms with E-state index < -0.39 is 10.8 Å². The van der Waals surface area contributed by atoms with Crippen molar-refractivity contribution in [2.75, 3.05) is 6.61 Å². The lowest BCUT2D eigenvalue weighted by Gasteiger charge is -2.04. The maximum Gasteiger partial charge on any atom is 0.277 e. The molecule has 2 rings (SSSR count). The van der Waals surface area contributed by atoms with Gasteiger partial charge in [0.2, 0.25) is 0 Å². The first-order valence-corrected chi connectivity index (χ1v) is 6.96. The number of ether oxygens (including phenoxy) is 1. The van der Waals surface area contributed by atoms with Gasteiger partial charge in [-0.3, -0.25) is 14.9 Å². The normalized spacial score (nSPS) is 11.5. The summed E-state index contributed by atoms with van der Waals surface area (Å²) in [7, 11) is 0. The Morgan fingerprint density at radius 2 is 2.25 bits per heavy atom. The Hall–Kier alpha value is -3.42. The molecule has 1 heterocycles. The van der Waals surface area contributed by atoms with Crippen LogP contribution in [0.4, 0.5) is 5.69 Å². The van der Waals surface area contributed by atoms with Crippen LogP contribution in [0.15, 0.2) is 58.3 Å². The Bertz CT molecular complexity index is 766. The number of hydrogen-bond acceptors (Lipinski definition) is 6. The fourth-order valence-corrected chi connectivity index (χ4v) is 1.64. The molecule has 0 aliphatic rings. The van der Waals surface area contributed by atoms with Crippen molar-refractivity contribution in [1.29, 1.82) is 0 Å². The number of hydrogen-bond donors (Lipinski definition) is 1. The lowest BCUT2D eigenvalue weighted by molar-refractivity contribution is -0.384. The number of carbonyl (C=O) groups is 1. The monoisotopic (exact) mass is 329 g/mol. The number of nitrogens with zero attached hydrogens (tertiary/aromatic N) is 2. The molecule has 2 aromatic rings. The number of nitro benzene ring substituents is 1. The minimum absolute atomic E-state index is 0.107. The summed E-state index contributed by atoms with van der Waals surface area (Å²) in [6.45, 7) is 1.40. The number of rotatable bonds is 7. The maximum atomic E-state index is 11.7. The van der Waals surface area contributed by atoms with Crippen molar-refractivity contribution in [2.24, 2.45) is 5.10 Å². The molecule has 124 valence electrons. The summed E-state index contributed by atoms with van der Waals surface area (Å²) >= 11 is 0. The van der Waals surface area contributed by atoms with E-state index >= 15 is 0 Å². The molecular formula is C16H15N3O5. The van der Waals surface area contributed by atoms with Gasteiger partial charge in [0.25, 0.3) is 11.6 Å². The maximum absolute atomic E-state index is 11.7. The Labute approximate surface area is 137 Å². The zero-order chi connectivity index (χ0) is 17.4. The van der Waals surface area contributed by atoms with Crippen LogP contribution in [0.3, 0.4) is 0 Å². The summed E-state index contributed by atoms with van der Waals surface area (Å²) in [6, 6.07) is 9.14. The molecule has 1 aromatic carbocycles. The van der Waals surface area contributed by atoms with E-state index in [4.69, 9.17) is 9.15 Å². The fourth-order valence-electron chi connectivity index (χ4n) is 1.64. The summed E-state index contributed by atoms with van der Waals surface area (Å²) in [5, 5.41) is 14.5.